The monoisotopic (exact) mass is 319 g/mol. The third-order valence-electron chi connectivity index (χ3n) is 2.88. The highest BCUT2D eigenvalue weighted by Gasteiger charge is 2.06. The zero-order valence-corrected chi connectivity index (χ0v) is 12.6. The molecule has 0 amide bonds. The number of phenolic OH excluding ortho intramolecular Hbond substituents is 4. The highest BCUT2D eigenvalue weighted by atomic mass is 16.4. The third-order valence-corrected chi connectivity index (χ3v) is 2.88. The Labute approximate surface area is 132 Å². The topological polar surface area (TPSA) is 131 Å². The zero-order chi connectivity index (χ0) is 17.6. The number of ketones is 1. The number of hydrogen-bond acceptors (Lipinski definition) is 7. The first-order chi connectivity index (χ1) is 10.8. The van der Waals surface area contributed by atoms with E-state index < -0.39 is 0 Å². The van der Waals surface area contributed by atoms with Crippen LogP contribution < -0.4 is 0 Å². The molecule has 0 saturated carbocycles. The van der Waals surface area contributed by atoms with E-state index >= 15 is 0 Å². The molecule has 0 bridgehead atoms. The lowest BCUT2D eigenvalue weighted by atomic mass is 10.1. The van der Waals surface area contributed by atoms with Gasteiger partial charge in [0.25, 0.3) is 0 Å². The summed E-state index contributed by atoms with van der Waals surface area (Å²) in [4.78, 5) is 10.7. The maximum absolute atomic E-state index is 10.7. The van der Waals surface area contributed by atoms with Crippen LogP contribution in [0.1, 0.15) is 29.8 Å². The Balaban J connectivity index is 0.000000231. The van der Waals surface area contributed by atoms with Gasteiger partial charge in [0, 0.05) is 5.56 Å². The molecule has 2 aromatic rings. The lowest BCUT2D eigenvalue weighted by Gasteiger charge is -2.02. The van der Waals surface area contributed by atoms with Crippen LogP contribution in [0.5, 0.6) is 23.0 Å². The van der Waals surface area contributed by atoms with E-state index in [4.69, 9.17) is 20.5 Å². The van der Waals surface area contributed by atoms with Crippen molar-refractivity contribution < 1.29 is 30.4 Å². The molecule has 0 heterocycles. The van der Waals surface area contributed by atoms with Crippen molar-refractivity contribution in [2.24, 2.45) is 5.16 Å². The summed E-state index contributed by atoms with van der Waals surface area (Å²) in [6.45, 7) is 2.85. The smallest absolute Gasteiger partial charge is 0.163 e. The largest absolute Gasteiger partial charge is 0.508 e. The Morgan fingerprint density at radius 2 is 1.26 bits per heavy atom. The normalized spacial score (nSPS) is 10.6. The molecule has 0 aromatic heterocycles. The van der Waals surface area contributed by atoms with Gasteiger partial charge in [-0.25, -0.2) is 0 Å². The number of oxime groups is 1. The number of Topliss-reactive ketones (excluding diaryl/α,β-unsaturated/α-hetero) is 1. The highest BCUT2D eigenvalue weighted by Crippen LogP contribution is 2.23. The molecule has 0 saturated heterocycles. The van der Waals surface area contributed by atoms with Crippen molar-refractivity contribution in [2.45, 2.75) is 13.8 Å². The predicted molar refractivity (Wildman–Crippen MR) is 83.5 cm³/mol. The molecule has 0 unspecified atom stereocenters. The van der Waals surface area contributed by atoms with Gasteiger partial charge in [-0.05, 0) is 50.2 Å². The maximum Gasteiger partial charge on any atom is 0.163 e. The molecule has 2 aromatic carbocycles. The van der Waals surface area contributed by atoms with Crippen LogP contribution in [0, 0.1) is 0 Å². The van der Waals surface area contributed by atoms with Crippen molar-refractivity contribution in [3.8, 4) is 23.0 Å². The molecule has 0 atom stereocenters. The molecule has 122 valence electrons. The number of hydrogen-bond donors (Lipinski definition) is 5. The molecular formula is C16H17NO6. The van der Waals surface area contributed by atoms with Crippen LogP contribution in [-0.2, 0) is 0 Å². The minimum absolute atomic E-state index is 0.0193. The zero-order valence-electron chi connectivity index (χ0n) is 12.6. The lowest BCUT2D eigenvalue weighted by molar-refractivity contribution is 0.101. The summed E-state index contributed by atoms with van der Waals surface area (Å²) in [5.41, 5.74) is 0.714. The first-order valence-electron chi connectivity index (χ1n) is 6.50. The summed E-state index contributed by atoms with van der Waals surface area (Å²) >= 11 is 0. The molecule has 0 aliphatic rings. The average molecular weight is 319 g/mol. The number of aromatic hydroxyl groups is 4. The van der Waals surface area contributed by atoms with Gasteiger partial charge in [0.05, 0.1) is 11.3 Å². The molecule has 7 heteroatoms. The van der Waals surface area contributed by atoms with Crippen molar-refractivity contribution in [3.05, 3.63) is 47.5 Å². The Bertz CT molecular complexity index is 739. The SMILES string of the molecule is C/C(=N\O)c1cc(O)ccc1O.CC(=O)c1cc(O)ccc1O. The molecule has 7 nitrogen and oxygen atoms in total. The minimum Gasteiger partial charge on any atom is -0.508 e. The van der Waals surface area contributed by atoms with E-state index in [0.717, 1.165) is 0 Å². The predicted octanol–water partition coefficient (Wildman–Crippen LogP) is 2.60. The van der Waals surface area contributed by atoms with Crippen molar-refractivity contribution in [2.75, 3.05) is 0 Å². The molecule has 0 fully saturated rings. The van der Waals surface area contributed by atoms with Crippen molar-refractivity contribution in [1.82, 2.24) is 0 Å². The van der Waals surface area contributed by atoms with Crippen molar-refractivity contribution in [3.63, 3.8) is 0 Å². The van der Waals surface area contributed by atoms with Crippen molar-refractivity contribution >= 4 is 11.5 Å². The fourth-order valence-corrected chi connectivity index (χ4v) is 1.67. The van der Waals surface area contributed by atoms with Crippen LogP contribution >= 0.6 is 0 Å². The molecule has 2 rings (SSSR count). The van der Waals surface area contributed by atoms with E-state index in [1.807, 2.05) is 0 Å². The summed E-state index contributed by atoms with van der Waals surface area (Å²) in [6, 6.07) is 7.85. The molecule has 0 aliphatic carbocycles. The Kier molecular flexibility index (Phi) is 5.96. The Morgan fingerprint density at radius 1 is 0.826 bits per heavy atom. The van der Waals surface area contributed by atoms with Gasteiger partial charge >= 0.3 is 0 Å². The number of rotatable bonds is 2. The maximum atomic E-state index is 10.7. The number of nitrogens with zero attached hydrogens (tertiary/aromatic N) is 1. The number of benzene rings is 2. The quantitative estimate of drug-likeness (QED) is 0.190. The lowest BCUT2D eigenvalue weighted by Crippen LogP contribution is -1.94. The first-order valence-corrected chi connectivity index (χ1v) is 6.50. The van der Waals surface area contributed by atoms with Gasteiger partial charge in [-0.3, -0.25) is 4.79 Å². The molecule has 0 aliphatic heterocycles. The van der Waals surface area contributed by atoms with Gasteiger partial charge in [-0.2, -0.15) is 0 Å². The second kappa shape index (κ2) is 7.69. The number of carbonyl (C=O) groups is 1. The van der Waals surface area contributed by atoms with E-state index in [0.29, 0.717) is 5.56 Å². The van der Waals surface area contributed by atoms with Crippen LogP contribution in [0.3, 0.4) is 0 Å². The van der Waals surface area contributed by atoms with E-state index in [9.17, 15) is 9.90 Å². The molecular weight excluding hydrogens is 302 g/mol. The standard InChI is InChI=1S/C8H9NO3.C8H8O3/c1-5(9-12)7-4-6(10)2-3-8(7)11;1-5(9)7-4-6(10)2-3-8(7)11/h2-4,10-12H,1H3;2-4,10-11H,1H3/b9-5+;. The van der Waals surface area contributed by atoms with E-state index in [1.165, 1.54) is 50.2 Å². The summed E-state index contributed by atoms with van der Waals surface area (Å²) in [7, 11) is 0. The average Bonchev–Trinajstić information content (AvgIpc) is 2.51. The van der Waals surface area contributed by atoms with Crippen LogP contribution in [0.2, 0.25) is 0 Å². The molecule has 5 N–H and O–H groups in total. The summed E-state index contributed by atoms with van der Waals surface area (Å²) < 4.78 is 0. The van der Waals surface area contributed by atoms with Gasteiger partial charge in [0.15, 0.2) is 5.78 Å². The molecule has 0 spiro atoms. The van der Waals surface area contributed by atoms with Crippen molar-refractivity contribution in [1.29, 1.82) is 0 Å². The second-order valence-corrected chi connectivity index (χ2v) is 4.64. The molecule has 23 heavy (non-hydrogen) atoms. The highest BCUT2D eigenvalue weighted by molar-refractivity contribution is 6.00. The van der Waals surface area contributed by atoms with Crippen LogP contribution in [0.4, 0.5) is 0 Å². The van der Waals surface area contributed by atoms with Gasteiger partial charge < -0.3 is 25.6 Å². The van der Waals surface area contributed by atoms with E-state index in [2.05, 4.69) is 5.16 Å². The van der Waals surface area contributed by atoms with Gasteiger partial charge in [0.2, 0.25) is 0 Å². The number of carbonyl (C=O) groups excluding carboxylic acids is 1. The van der Waals surface area contributed by atoms with Gasteiger partial charge in [-0.1, -0.05) is 5.16 Å². The summed E-state index contributed by atoms with van der Waals surface area (Å²) in [5.74, 6) is -0.393. The second-order valence-electron chi connectivity index (χ2n) is 4.64. The van der Waals surface area contributed by atoms with Crippen LogP contribution in [0.15, 0.2) is 41.6 Å². The van der Waals surface area contributed by atoms with E-state index in [-0.39, 0.29) is 40.1 Å². The first kappa shape index (κ1) is 17.8. The fourth-order valence-electron chi connectivity index (χ4n) is 1.67. The van der Waals surface area contributed by atoms with E-state index in [1.54, 1.807) is 0 Å². The van der Waals surface area contributed by atoms with Crippen LogP contribution in [0.25, 0.3) is 0 Å². The van der Waals surface area contributed by atoms with Crippen LogP contribution in [-0.4, -0.2) is 37.1 Å². The van der Waals surface area contributed by atoms with Gasteiger partial charge in [-0.15, -0.1) is 0 Å². The third kappa shape index (κ3) is 4.92. The summed E-state index contributed by atoms with van der Waals surface area (Å²) in [5, 5.41) is 47.6. The molecule has 0 radical (unpaired) electrons. The fraction of sp³-hybridized carbons (Fsp3) is 0.125. The van der Waals surface area contributed by atoms with Gasteiger partial charge in [0.1, 0.15) is 23.0 Å². The number of phenols is 4. The Hall–Kier alpha value is -3.22. The Morgan fingerprint density at radius 3 is 1.65 bits per heavy atom. The summed E-state index contributed by atoms with van der Waals surface area (Å²) in [6.07, 6.45) is 0. The minimum atomic E-state index is -0.265.